The topological polar surface area (TPSA) is 46.4 Å². The third-order valence-corrected chi connectivity index (χ3v) is 2.98. The summed E-state index contributed by atoms with van der Waals surface area (Å²) in [6.07, 6.45) is 2.12. The van der Waals surface area contributed by atoms with E-state index in [0.717, 1.165) is 11.3 Å². The lowest BCUT2D eigenvalue weighted by Crippen LogP contribution is -2.36. The number of Topliss-reactive ketones (excluding diaryl/α,β-unsaturated/α-hetero) is 1. The number of nitrogens with zero attached hydrogens (tertiary/aromatic N) is 2. The Kier molecular flexibility index (Phi) is 6.22. The number of hydrogen-bond donors (Lipinski definition) is 0. The number of carbonyl (C=O) groups excluding carboxylic acids is 1. The molecule has 4 heteroatoms. The van der Waals surface area contributed by atoms with Gasteiger partial charge < -0.3 is 5.21 Å². The average molecular weight is 262 g/mol. The molecule has 1 atom stereocenters. The van der Waals surface area contributed by atoms with Gasteiger partial charge in [0.05, 0.1) is 6.04 Å². The van der Waals surface area contributed by atoms with Crippen LogP contribution in [-0.4, -0.2) is 41.3 Å². The Morgan fingerprint density at radius 1 is 1.42 bits per heavy atom. The first-order valence-electron chi connectivity index (χ1n) is 6.51. The molecule has 0 N–H and O–H groups in total. The van der Waals surface area contributed by atoms with Crippen LogP contribution in [0.4, 0.5) is 0 Å². The second-order valence-corrected chi connectivity index (χ2v) is 4.84. The molecule has 0 radical (unpaired) electrons. The normalized spacial score (nSPS) is 13.6. The van der Waals surface area contributed by atoms with Crippen LogP contribution in [-0.2, 0) is 11.3 Å². The molecule has 0 aliphatic heterocycles. The minimum atomic E-state index is 0.00190. The molecule has 1 unspecified atom stereocenters. The second kappa shape index (κ2) is 7.69. The zero-order chi connectivity index (χ0) is 14.3. The van der Waals surface area contributed by atoms with Crippen molar-refractivity contribution in [1.29, 1.82) is 0 Å². The number of carbonyl (C=O) groups is 1. The summed E-state index contributed by atoms with van der Waals surface area (Å²) < 4.78 is 0.816. The molecule has 1 aromatic carbocycles. The Morgan fingerprint density at radius 2 is 2.05 bits per heavy atom. The van der Waals surface area contributed by atoms with Gasteiger partial charge in [0.15, 0.2) is 6.21 Å². The molecule has 0 saturated heterocycles. The van der Waals surface area contributed by atoms with Gasteiger partial charge in [-0.1, -0.05) is 30.3 Å². The lowest BCUT2D eigenvalue weighted by molar-refractivity contribution is -0.419. The highest BCUT2D eigenvalue weighted by Gasteiger charge is 2.15. The van der Waals surface area contributed by atoms with Crippen LogP contribution in [0.5, 0.6) is 0 Å². The molecule has 104 valence electrons. The quantitative estimate of drug-likeness (QED) is 0.327. The number of hydrogen-bond acceptors (Lipinski definition) is 3. The number of benzene rings is 1. The number of ketones is 1. The zero-order valence-corrected chi connectivity index (χ0v) is 11.9. The molecule has 0 saturated carbocycles. The maximum Gasteiger partial charge on any atom is 0.167 e. The van der Waals surface area contributed by atoms with Gasteiger partial charge in [0.1, 0.15) is 12.8 Å². The molecule has 19 heavy (non-hydrogen) atoms. The van der Waals surface area contributed by atoms with E-state index in [1.807, 2.05) is 37.3 Å². The number of hydroxylamine groups is 1. The lowest BCUT2D eigenvalue weighted by Gasteiger charge is -2.25. The summed E-state index contributed by atoms with van der Waals surface area (Å²) in [5.74, 6) is 0.167. The Morgan fingerprint density at radius 3 is 2.58 bits per heavy atom. The van der Waals surface area contributed by atoms with E-state index in [4.69, 9.17) is 0 Å². The highest BCUT2D eigenvalue weighted by atomic mass is 16.5. The van der Waals surface area contributed by atoms with E-state index >= 15 is 0 Å². The first kappa shape index (κ1) is 15.4. The number of rotatable bonds is 7. The fourth-order valence-corrected chi connectivity index (χ4v) is 1.94. The van der Waals surface area contributed by atoms with Crippen LogP contribution in [0.25, 0.3) is 0 Å². The predicted octanol–water partition coefficient (Wildman–Crippen LogP) is 2.07. The van der Waals surface area contributed by atoms with E-state index in [1.54, 1.807) is 13.1 Å². The van der Waals surface area contributed by atoms with Crippen LogP contribution in [0.2, 0.25) is 0 Å². The molecular weight excluding hydrogens is 240 g/mol. The highest BCUT2D eigenvalue weighted by Crippen LogP contribution is 2.08. The Hall–Kier alpha value is -1.68. The molecule has 0 aromatic heterocycles. The molecule has 0 fully saturated rings. The Bertz CT molecular complexity index is 425. The summed E-state index contributed by atoms with van der Waals surface area (Å²) in [4.78, 5) is 13.3. The van der Waals surface area contributed by atoms with Crippen LogP contribution in [0.15, 0.2) is 30.3 Å². The lowest BCUT2D eigenvalue weighted by atomic mass is 10.1. The summed E-state index contributed by atoms with van der Waals surface area (Å²) in [6.45, 7) is 4.96. The molecular formula is C15H22N2O2. The van der Waals surface area contributed by atoms with Crippen molar-refractivity contribution < 1.29 is 9.53 Å². The van der Waals surface area contributed by atoms with E-state index in [9.17, 15) is 10.0 Å². The molecule has 0 spiro atoms. The second-order valence-electron chi connectivity index (χ2n) is 4.84. The van der Waals surface area contributed by atoms with Crippen molar-refractivity contribution in [1.82, 2.24) is 4.90 Å². The van der Waals surface area contributed by atoms with E-state index < -0.39 is 0 Å². The molecule has 0 amide bonds. The predicted molar refractivity (Wildman–Crippen MR) is 77.2 cm³/mol. The molecule has 0 heterocycles. The van der Waals surface area contributed by atoms with Gasteiger partial charge in [-0.3, -0.25) is 9.69 Å². The van der Waals surface area contributed by atoms with Gasteiger partial charge in [0.2, 0.25) is 0 Å². The van der Waals surface area contributed by atoms with Gasteiger partial charge in [-0.2, -0.15) is 0 Å². The van der Waals surface area contributed by atoms with Gasteiger partial charge in [0.25, 0.3) is 0 Å². The third-order valence-electron chi connectivity index (χ3n) is 2.98. The fourth-order valence-electron chi connectivity index (χ4n) is 1.94. The SMILES string of the molecule is CC(=O)CCN(Cc1ccccc1)C(C)/C=[N+](/C)[O-]. The largest absolute Gasteiger partial charge is 0.624 e. The molecule has 1 rings (SSSR count). The van der Waals surface area contributed by atoms with Crippen molar-refractivity contribution in [3.63, 3.8) is 0 Å². The van der Waals surface area contributed by atoms with E-state index in [2.05, 4.69) is 4.90 Å². The van der Waals surface area contributed by atoms with Crippen LogP contribution in [0.3, 0.4) is 0 Å². The Labute approximate surface area is 114 Å². The first-order chi connectivity index (χ1) is 8.99. The summed E-state index contributed by atoms with van der Waals surface area (Å²) >= 11 is 0. The highest BCUT2D eigenvalue weighted by molar-refractivity contribution is 5.75. The summed E-state index contributed by atoms with van der Waals surface area (Å²) in [5, 5.41) is 11.1. The summed E-state index contributed by atoms with van der Waals surface area (Å²) in [6, 6.07) is 10.1. The van der Waals surface area contributed by atoms with Gasteiger partial charge in [-0.15, -0.1) is 0 Å². The molecule has 0 aliphatic rings. The van der Waals surface area contributed by atoms with Crippen molar-refractivity contribution in [3.05, 3.63) is 41.1 Å². The van der Waals surface area contributed by atoms with Gasteiger partial charge in [-0.05, 0) is 19.4 Å². The van der Waals surface area contributed by atoms with Crippen LogP contribution in [0, 0.1) is 5.21 Å². The maximum atomic E-state index is 11.1. The van der Waals surface area contributed by atoms with Crippen molar-refractivity contribution in [2.24, 2.45) is 0 Å². The van der Waals surface area contributed by atoms with Gasteiger partial charge in [0, 0.05) is 19.5 Å². The fraction of sp³-hybridized carbons (Fsp3) is 0.467. The van der Waals surface area contributed by atoms with Crippen LogP contribution >= 0.6 is 0 Å². The summed E-state index contributed by atoms with van der Waals surface area (Å²) in [5.41, 5.74) is 1.18. The minimum absolute atomic E-state index is 0.00190. The standard InChI is InChI=1S/C15H22N2O2/c1-13(11-16(3)19)17(10-9-14(2)18)12-15-7-5-4-6-8-15/h4-8,11,13H,9-10,12H2,1-3H3/b16-11-. The van der Waals surface area contributed by atoms with Crippen LogP contribution in [0.1, 0.15) is 25.8 Å². The first-order valence-corrected chi connectivity index (χ1v) is 6.51. The van der Waals surface area contributed by atoms with Crippen molar-refractivity contribution in [3.8, 4) is 0 Å². The zero-order valence-electron chi connectivity index (χ0n) is 11.9. The van der Waals surface area contributed by atoms with Crippen molar-refractivity contribution in [2.75, 3.05) is 13.6 Å². The van der Waals surface area contributed by atoms with Crippen molar-refractivity contribution >= 4 is 12.0 Å². The minimum Gasteiger partial charge on any atom is -0.624 e. The molecule has 0 aliphatic carbocycles. The van der Waals surface area contributed by atoms with E-state index in [1.165, 1.54) is 12.6 Å². The summed E-state index contributed by atoms with van der Waals surface area (Å²) in [7, 11) is 1.47. The monoisotopic (exact) mass is 262 g/mol. The average Bonchev–Trinajstić information content (AvgIpc) is 2.34. The smallest absolute Gasteiger partial charge is 0.167 e. The maximum absolute atomic E-state index is 11.1. The molecule has 1 aromatic rings. The van der Waals surface area contributed by atoms with Gasteiger partial charge in [-0.25, -0.2) is 4.74 Å². The van der Waals surface area contributed by atoms with E-state index in [-0.39, 0.29) is 11.8 Å². The van der Waals surface area contributed by atoms with Crippen LogP contribution < -0.4 is 0 Å². The van der Waals surface area contributed by atoms with Crippen molar-refractivity contribution in [2.45, 2.75) is 32.9 Å². The van der Waals surface area contributed by atoms with E-state index in [0.29, 0.717) is 13.0 Å². The molecule has 0 bridgehead atoms. The molecule has 4 nitrogen and oxygen atoms in total. The van der Waals surface area contributed by atoms with Gasteiger partial charge >= 0.3 is 0 Å². The Balaban J connectivity index is 2.74. The third kappa shape index (κ3) is 6.15.